The number of Topliss-reactive ketones (excluding diaryl/α,β-unsaturated/α-hetero) is 1. The van der Waals surface area contributed by atoms with Crippen molar-refractivity contribution in [2.75, 3.05) is 26.9 Å². The van der Waals surface area contributed by atoms with E-state index in [-0.39, 0.29) is 18.4 Å². The molecular formula is C8H11N3O3. The molecule has 1 fully saturated rings. The zero-order valence-electron chi connectivity index (χ0n) is 7.84. The minimum atomic E-state index is -0.107. The van der Waals surface area contributed by atoms with E-state index >= 15 is 0 Å². The van der Waals surface area contributed by atoms with Crippen molar-refractivity contribution in [1.82, 2.24) is 15.0 Å². The van der Waals surface area contributed by atoms with Crippen molar-refractivity contribution in [2.45, 2.75) is 6.04 Å². The van der Waals surface area contributed by atoms with Gasteiger partial charge in [-0.3, -0.25) is 4.79 Å². The number of ketones is 1. The Labute approximate surface area is 80.8 Å². The average molecular weight is 197 g/mol. The summed E-state index contributed by atoms with van der Waals surface area (Å²) < 4.78 is 11.4. The molecule has 1 aromatic heterocycles. The maximum Gasteiger partial charge on any atom is 0.208 e. The topological polar surface area (TPSA) is 66.2 Å². The predicted octanol–water partition coefficient (Wildman–Crippen LogP) is -0.322. The summed E-state index contributed by atoms with van der Waals surface area (Å²) in [6, 6.07) is 0.147. The number of nitrogens with zero attached hydrogens (tertiary/aromatic N) is 3. The van der Waals surface area contributed by atoms with Crippen LogP contribution in [-0.4, -0.2) is 47.7 Å². The van der Waals surface area contributed by atoms with E-state index in [0.29, 0.717) is 18.9 Å². The van der Waals surface area contributed by atoms with Gasteiger partial charge in [-0.2, -0.15) is 0 Å². The molecule has 0 unspecified atom stereocenters. The van der Waals surface area contributed by atoms with E-state index < -0.39 is 0 Å². The molecular weight excluding hydrogens is 186 g/mol. The Morgan fingerprint density at radius 3 is 3.14 bits per heavy atom. The first kappa shape index (κ1) is 9.29. The molecule has 0 saturated carbocycles. The fourth-order valence-corrected chi connectivity index (χ4v) is 1.28. The highest BCUT2D eigenvalue weighted by molar-refractivity contribution is 5.95. The lowest BCUT2D eigenvalue weighted by Crippen LogP contribution is -2.33. The van der Waals surface area contributed by atoms with E-state index in [1.54, 1.807) is 4.68 Å². The molecule has 1 saturated heterocycles. The third kappa shape index (κ3) is 1.53. The van der Waals surface area contributed by atoms with Crippen LogP contribution in [0.25, 0.3) is 0 Å². The molecule has 1 aliphatic heterocycles. The molecule has 0 N–H and O–H groups in total. The van der Waals surface area contributed by atoms with Crippen molar-refractivity contribution in [3.8, 4) is 0 Å². The number of methoxy groups -OCH3 is 1. The van der Waals surface area contributed by atoms with E-state index in [1.807, 2.05) is 0 Å². The lowest BCUT2D eigenvalue weighted by atomic mass is 10.2. The molecule has 0 bridgehead atoms. The van der Waals surface area contributed by atoms with Crippen LogP contribution < -0.4 is 0 Å². The van der Waals surface area contributed by atoms with E-state index in [1.165, 1.54) is 13.3 Å². The first-order chi connectivity index (χ1) is 6.83. The molecule has 2 heterocycles. The molecule has 0 aliphatic carbocycles. The van der Waals surface area contributed by atoms with Crippen LogP contribution in [0.15, 0.2) is 6.20 Å². The Balaban J connectivity index is 2.16. The minimum absolute atomic E-state index is 0.0565. The molecule has 0 atom stereocenters. The summed E-state index contributed by atoms with van der Waals surface area (Å²) in [5, 5.41) is 7.56. The van der Waals surface area contributed by atoms with Gasteiger partial charge in [-0.25, -0.2) is 4.68 Å². The average Bonchev–Trinajstić information content (AvgIpc) is 2.50. The molecule has 2 rings (SSSR count). The molecule has 6 heteroatoms. The van der Waals surface area contributed by atoms with Crippen LogP contribution in [0.3, 0.4) is 0 Å². The quantitative estimate of drug-likeness (QED) is 0.619. The zero-order valence-corrected chi connectivity index (χ0v) is 7.84. The normalized spacial score (nSPS) is 16.6. The summed E-state index contributed by atoms with van der Waals surface area (Å²) >= 11 is 0. The second-order valence-electron chi connectivity index (χ2n) is 3.11. The Hall–Kier alpha value is -1.27. The van der Waals surface area contributed by atoms with Crippen molar-refractivity contribution in [3.63, 3.8) is 0 Å². The summed E-state index contributed by atoms with van der Waals surface area (Å²) in [7, 11) is 1.48. The minimum Gasteiger partial charge on any atom is -0.377 e. The number of aromatic nitrogens is 3. The van der Waals surface area contributed by atoms with Crippen LogP contribution >= 0.6 is 0 Å². The highest BCUT2D eigenvalue weighted by Gasteiger charge is 2.26. The van der Waals surface area contributed by atoms with E-state index in [2.05, 4.69) is 10.3 Å². The zero-order chi connectivity index (χ0) is 9.97. The van der Waals surface area contributed by atoms with E-state index in [9.17, 15) is 4.79 Å². The van der Waals surface area contributed by atoms with Gasteiger partial charge in [0.2, 0.25) is 5.78 Å². The summed E-state index contributed by atoms with van der Waals surface area (Å²) in [4.78, 5) is 11.5. The smallest absolute Gasteiger partial charge is 0.208 e. The molecule has 0 spiro atoms. The monoisotopic (exact) mass is 197 g/mol. The summed E-state index contributed by atoms with van der Waals surface area (Å²) in [6.45, 7) is 1.24. The molecule has 14 heavy (non-hydrogen) atoms. The van der Waals surface area contributed by atoms with Crippen LogP contribution in [0, 0.1) is 0 Å². The highest BCUT2D eigenvalue weighted by atomic mass is 16.5. The van der Waals surface area contributed by atoms with Gasteiger partial charge in [0.15, 0.2) is 0 Å². The fourth-order valence-electron chi connectivity index (χ4n) is 1.28. The molecule has 6 nitrogen and oxygen atoms in total. The summed E-state index contributed by atoms with van der Waals surface area (Å²) in [5.74, 6) is -0.107. The second kappa shape index (κ2) is 3.85. The number of carbonyl (C=O) groups excluding carboxylic acids is 1. The molecule has 0 amide bonds. The van der Waals surface area contributed by atoms with Crippen LogP contribution in [0.1, 0.15) is 16.5 Å². The summed E-state index contributed by atoms with van der Waals surface area (Å²) in [6.07, 6.45) is 1.46. The number of rotatable bonds is 4. The molecule has 1 aliphatic rings. The van der Waals surface area contributed by atoms with Gasteiger partial charge in [0.05, 0.1) is 19.4 Å². The number of hydrogen-bond donors (Lipinski definition) is 0. The molecule has 0 radical (unpaired) electrons. The second-order valence-corrected chi connectivity index (χ2v) is 3.11. The van der Waals surface area contributed by atoms with Crippen LogP contribution in [0.5, 0.6) is 0 Å². The summed E-state index contributed by atoms with van der Waals surface area (Å²) in [5.41, 5.74) is 0.486. The van der Waals surface area contributed by atoms with Gasteiger partial charge >= 0.3 is 0 Å². The van der Waals surface area contributed by atoms with Crippen molar-refractivity contribution < 1.29 is 14.3 Å². The van der Waals surface area contributed by atoms with Gasteiger partial charge in [-0.05, 0) is 0 Å². The largest absolute Gasteiger partial charge is 0.377 e. The van der Waals surface area contributed by atoms with Gasteiger partial charge in [0, 0.05) is 7.11 Å². The van der Waals surface area contributed by atoms with E-state index in [0.717, 1.165) is 0 Å². The fraction of sp³-hybridized carbons (Fsp3) is 0.625. The number of carbonyl (C=O) groups is 1. The predicted molar refractivity (Wildman–Crippen MR) is 46.1 cm³/mol. The first-order valence-electron chi connectivity index (χ1n) is 4.33. The maximum atomic E-state index is 11.5. The highest BCUT2D eigenvalue weighted by Crippen LogP contribution is 2.17. The van der Waals surface area contributed by atoms with Gasteiger partial charge in [-0.1, -0.05) is 5.21 Å². The number of ether oxygens (including phenoxy) is 2. The van der Waals surface area contributed by atoms with Crippen molar-refractivity contribution in [3.05, 3.63) is 11.9 Å². The Bertz CT molecular complexity index is 332. The maximum absolute atomic E-state index is 11.5. The van der Waals surface area contributed by atoms with Crippen molar-refractivity contribution >= 4 is 5.78 Å². The van der Waals surface area contributed by atoms with Gasteiger partial charge in [0.25, 0.3) is 0 Å². The lowest BCUT2D eigenvalue weighted by molar-refractivity contribution is -0.0302. The van der Waals surface area contributed by atoms with Crippen molar-refractivity contribution in [2.24, 2.45) is 0 Å². The lowest BCUT2D eigenvalue weighted by Gasteiger charge is -2.26. The Morgan fingerprint density at radius 1 is 1.79 bits per heavy atom. The van der Waals surface area contributed by atoms with Crippen LogP contribution in [0.4, 0.5) is 0 Å². The molecule has 76 valence electrons. The Morgan fingerprint density at radius 2 is 2.57 bits per heavy atom. The third-order valence-electron chi connectivity index (χ3n) is 2.10. The van der Waals surface area contributed by atoms with Gasteiger partial charge in [-0.15, -0.1) is 5.10 Å². The first-order valence-corrected chi connectivity index (χ1v) is 4.33. The molecule has 1 aromatic rings. The van der Waals surface area contributed by atoms with E-state index in [4.69, 9.17) is 9.47 Å². The van der Waals surface area contributed by atoms with Crippen LogP contribution in [0.2, 0.25) is 0 Å². The van der Waals surface area contributed by atoms with Crippen molar-refractivity contribution in [1.29, 1.82) is 0 Å². The van der Waals surface area contributed by atoms with Crippen LogP contribution in [-0.2, 0) is 9.47 Å². The standard InChI is InChI=1S/C8H11N3O3/c1-13-5-8(12)7-2-9-10-11(7)6-3-14-4-6/h2,6H,3-5H2,1H3. The van der Waals surface area contributed by atoms with Gasteiger partial charge < -0.3 is 9.47 Å². The van der Waals surface area contributed by atoms with Gasteiger partial charge in [0.1, 0.15) is 18.3 Å². The SMILES string of the molecule is COCC(=O)c1cnnn1C1COC1. The number of hydrogen-bond acceptors (Lipinski definition) is 5. The third-order valence-corrected chi connectivity index (χ3v) is 2.10. The Kier molecular flexibility index (Phi) is 2.55. The molecule has 0 aromatic carbocycles.